The second-order valence-corrected chi connectivity index (χ2v) is 8.36. The minimum absolute atomic E-state index is 0.198. The molecule has 0 saturated heterocycles. The standard InChI is InChI=1S/C24H21N5O2S/c1-15(23(31)27-18-13-11-16(12-14-18)21(25)30)32-24-28-20-10-6-5-9-19(20)22(29-24)26-17-7-3-2-4-8-17/h2-15H,1H3,(H2,25,30)(H,27,31)(H,26,28,29)/t15-/m1/s1. The molecule has 2 amide bonds. The number of fused-ring (bicyclic) bond motifs is 1. The van der Waals surface area contributed by atoms with E-state index in [9.17, 15) is 9.59 Å². The summed E-state index contributed by atoms with van der Waals surface area (Å²) in [6.45, 7) is 1.79. The molecule has 32 heavy (non-hydrogen) atoms. The summed E-state index contributed by atoms with van der Waals surface area (Å²) in [5.74, 6) is -0.0322. The van der Waals surface area contributed by atoms with Crippen molar-refractivity contribution in [2.24, 2.45) is 5.73 Å². The lowest BCUT2D eigenvalue weighted by Crippen LogP contribution is -2.22. The number of nitrogens with zero attached hydrogens (tertiary/aromatic N) is 2. The summed E-state index contributed by atoms with van der Waals surface area (Å²) in [7, 11) is 0. The fourth-order valence-corrected chi connectivity index (χ4v) is 3.81. The molecule has 0 aliphatic heterocycles. The van der Waals surface area contributed by atoms with Gasteiger partial charge in [-0.1, -0.05) is 42.1 Å². The Morgan fingerprint density at radius 2 is 1.56 bits per heavy atom. The SMILES string of the molecule is C[C@@H](Sc1nc(Nc2ccccc2)c2ccccc2n1)C(=O)Nc1ccc(C(N)=O)cc1. The zero-order valence-electron chi connectivity index (χ0n) is 17.3. The molecule has 0 aliphatic carbocycles. The number of rotatable bonds is 7. The van der Waals surface area contributed by atoms with E-state index >= 15 is 0 Å². The predicted molar refractivity (Wildman–Crippen MR) is 128 cm³/mol. The van der Waals surface area contributed by atoms with Crippen molar-refractivity contribution in [3.8, 4) is 0 Å². The molecule has 4 aromatic rings. The van der Waals surface area contributed by atoms with Gasteiger partial charge in [-0.05, 0) is 55.5 Å². The van der Waals surface area contributed by atoms with E-state index in [0.29, 0.717) is 22.2 Å². The Hall–Kier alpha value is -3.91. The van der Waals surface area contributed by atoms with E-state index in [0.717, 1.165) is 16.6 Å². The van der Waals surface area contributed by atoms with E-state index in [1.54, 1.807) is 31.2 Å². The number of primary amides is 1. The van der Waals surface area contributed by atoms with Crippen molar-refractivity contribution in [1.29, 1.82) is 0 Å². The summed E-state index contributed by atoms with van der Waals surface area (Å²) in [5.41, 5.74) is 7.92. The maximum absolute atomic E-state index is 12.7. The molecule has 7 nitrogen and oxygen atoms in total. The van der Waals surface area contributed by atoms with E-state index in [2.05, 4.69) is 20.6 Å². The van der Waals surface area contributed by atoms with Crippen LogP contribution in [0.5, 0.6) is 0 Å². The van der Waals surface area contributed by atoms with Crippen LogP contribution in [0.25, 0.3) is 10.9 Å². The smallest absolute Gasteiger partial charge is 0.248 e. The number of amides is 2. The molecule has 0 saturated carbocycles. The molecule has 1 heterocycles. The molecule has 4 N–H and O–H groups in total. The average Bonchev–Trinajstić information content (AvgIpc) is 2.80. The molecule has 4 rings (SSSR count). The Morgan fingerprint density at radius 1 is 0.875 bits per heavy atom. The van der Waals surface area contributed by atoms with Crippen molar-refractivity contribution in [1.82, 2.24) is 9.97 Å². The normalized spacial score (nSPS) is 11.7. The number of para-hydroxylation sites is 2. The minimum atomic E-state index is -0.514. The first kappa shape index (κ1) is 21.3. The molecule has 0 fully saturated rings. The van der Waals surface area contributed by atoms with Gasteiger partial charge in [0.2, 0.25) is 11.8 Å². The molecule has 3 aromatic carbocycles. The lowest BCUT2D eigenvalue weighted by Gasteiger charge is -2.14. The van der Waals surface area contributed by atoms with Crippen molar-refractivity contribution in [2.75, 3.05) is 10.6 Å². The van der Waals surface area contributed by atoms with E-state index in [1.165, 1.54) is 11.8 Å². The average molecular weight is 444 g/mol. The summed E-state index contributed by atoms with van der Waals surface area (Å²) in [6, 6.07) is 23.9. The quantitative estimate of drug-likeness (QED) is 0.285. The molecule has 0 unspecified atom stereocenters. The van der Waals surface area contributed by atoms with Gasteiger partial charge in [-0.15, -0.1) is 0 Å². The highest BCUT2D eigenvalue weighted by Crippen LogP contribution is 2.29. The molecular formula is C24H21N5O2S. The molecule has 8 heteroatoms. The van der Waals surface area contributed by atoms with Crippen LogP contribution < -0.4 is 16.4 Å². The van der Waals surface area contributed by atoms with Crippen LogP contribution in [-0.2, 0) is 4.79 Å². The largest absolute Gasteiger partial charge is 0.366 e. The van der Waals surface area contributed by atoms with Crippen LogP contribution in [0.3, 0.4) is 0 Å². The molecule has 0 aliphatic rings. The van der Waals surface area contributed by atoms with Gasteiger partial charge in [-0.2, -0.15) is 0 Å². The van der Waals surface area contributed by atoms with Gasteiger partial charge in [0.15, 0.2) is 5.16 Å². The summed E-state index contributed by atoms with van der Waals surface area (Å²) in [6.07, 6.45) is 0. The number of nitrogens with one attached hydrogen (secondary N) is 2. The number of hydrogen-bond donors (Lipinski definition) is 3. The van der Waals surface area contributed by atoms with Gasteiger partial charge in [0.25, 0.3) is 0 Å². The van der Waals surface area contributed by atoms with E-state index in [-0.39, 0.29) is 5.91 Å². The van der Waals surface area contributed by atoms with Gasteiger partial charge >= 0.3 is 0 Å². The molecular weight excluding hydrogens is 422 g/mol. The van der Waals surface area contributed by atoms with Gasteiger partial charge in [-0.3, -0.25) is 9.59 Å². The van der Waals surface area contributed by atoms with Crippen molar-refractivity contribution in [2.45, 2.75) is 17.3 Å². The van der Waals surface area contributed by atoms with Gasteiger partial charge < -0.3 is 16.4 Å². The van der Waals surface area contributed by atoms with Crippen LogP contribution >= 0.6 is 11.8 Å². The molecule has 1 atom stereocenters. The summed E-state index contributed by atoms with van der Waals surface area (Å²) in [4.78, 5) is 33.2. The molecule has 1 aromatic heterocycles. The number of benzene rings is 3. The first-order valence-electron chi connectivity index (χ1n) is 9.96. The van der Waals surface area contributed by atoms with Gasteiger partial charge in [0, 0.05) is 22.3 Å². The minimum Gasteiger partial charge on any atom is -0.366 e. The summed E-state index contributed by atoms with van der Waals surface area (Å²) in [5, 5.41) is 7.12. The first-order chi connectivity index (χ1) is 15.5. The van der Waals surface area contributed by atoms with E-state index < -0.39 is 11.2 Å². The van der Waals surface area contributed by atoms with E-state index in [4.69, 9.17) is 5.73 Å². The van der Waals surface area contributed by atoms with Gasteiger partial charge in [-0.25, -0.2) is 9.97 Å². The Bertz CT molecular complexity index is 1260. The zero-order chi connectivity index (χ0) is 22.5. The summed E-state index contributed by atoms with van der Waals surface area (Å²) < 4.78 is 0. The maximum Gasteiger partial charge on any atom is 0.248 e. The lowest BCUT2D eigenvalue weighted by molar-refractivity contribution is -0.115. The third kappa shape index (κ3) is 5.04. The topological polar surface area (TPSA) is 110 Å². The molecule has 0 bridgehead atoms. The van der Waals surface area contributed by atoms with Crippen LogP contribution in [0.1, 0.15) is 17.3 Å². The Kier molecular flexibility index (Phi) is 6.32. The molecule has 0 spiro atoms. The third-order valence-electron chi connectivity index (χ3n) is 4.71. The second-order valence-electron chi connectivity index (χ2n) is 7.05. The number of carbonyl (C=O) groups excluding carboxylic acids is 2. The Labute approximate surface area is 189 Å². The number of carbonyl (C=O) groups is 2. The van der Waals surface area contributed by atoms with E-state index in [1.807, 2.05) is 54.6 Å². The van der Waals surface area contributed by atoms with Crippen LogP contribution in [0.15, 0.2) is 84.0 Å². The highest BCUT2D eigenvalue weighted by Gasteiger charge is 2.18. The van der Waals surface area contributed by atoms with Crippen molar-refractivity contribution in [3.63, 3.8) is 0 Å². The predicted octanol–water partition coefficient (Wildman–Crippen LogP) is 4.59. The van der Waals surface area contributed by atoms with Crippen LogP contribution in [0.4, 0.5) is 17.2 Å². The Balaban J connectivity index is 1.52. The number of aromatic nitrogens is 2. The Morgan fingerprint density at radius 3 is 2.28 bits per heavy atom. The van der Waals surface area contributed by atoms with Crippen molar-refractivity contribution >= 4 is 51.7 Å². The highest BCUT2D eigenvalue weighted by molar-refractivity contribution is 8.00. The van der Waals surface area contributed by atoms with Crippen LogP contribution in [0, 0.1) is 0 Å². The second kappa shape index (κ2) is 9.49. The third-order valence-corrected chi connectivity index (χ3v) is 5.67. The number of hydrogen-bond acceptors (Lipinski definition) is 6. The van der Waals surface area contributed by atoms with Crippen LogP contribution in [0.2, 0.25) is 0 Å². The molecule has 0 radical (unpaired) electrons. The van der Waals surface area contributed by atoms with Crippen LogP contribution in [-0.4, -0.2) is 27.0 Å². The van der Waals surface area contributed by atoms with Gasteiger partial charge in [0.05, 0.1) is 10.8 Å². The zero-order valence-corrected chi connectivity index (χ0v) is 18.1. The number of nitrogens with two attached hydrogens (primary N) is 1. The first-order valence-corrected chi connectivity index (χ1v) is 10.8. The monoisotopic (exact) mass is 443 g/mol. The maximum atomic E-state index is 12.7. The number of anilines is 3. The fourth-order valence-electron chi connectivity index (χ4n) is 3.03. The highest BCUT2D eigenvalue weighted by atomic mass is 32.2. The lowest BCUT2D eigenvalue weighted by atomic mass is 10.2. The number of thioether (sulfide) groups is 1. The fraction of sp³-hybridized carbons (Fsp3) is 0.0833. The van der Waals surface area contributed by atoms with Crippen molar-refractivity contribution < 1.29 is 9.59 Å². The molecule has 160 valence electrons. The summed E-state index contributed by atoms with van der Waals surface area (Å²) >= 11 is 1.27. The van der Waals surface area contributed by atoms with Gasteiger partial charge in [0.1, 0.15) is 5.82 Å². The van der Waals surface area contributed by atoms with Crippen molar-refractivity contribution in [3.05, 3.63) is 84.4 Å².